The van der Waals surface area contributed by atoms with Gasteiger partial charge in [-0.1, -0.05) is 0 Å². The highest BCUT2D eigenvalue weighted by atomic mass is 16.6. The van der Waals surface area contributed by atoms with Crippen molar-refractivity contribution >= 4 is 12.0 Å². The maximum Gasteiger partial charge on any atom is 0.412 e. The monoisotopic (exact) mass is 407 g/mol. The minimum absolute atomic E-state index is 0.166. The van der Waals surface area contributed by atoms with E-state index < -0.39 is 11.3 Å². The Labute approximate surface area is 174 Å². The third-order valence-corrected chi connectivity index (χ3v) is 7.13. The molecule has 8 heteroatoms. The van der Waals surface area contributed by atoms with Gasteiger partial charge >= 0.3 is 6.09 Å². The molecule has 1 spiro atoms. The summed E-state index contributed by atoms with van der Waals surface area (Å²) in [7, 11) is 4.25. The summed E-state index contributed by atoms with van der Waals surface area (Å²) in [6.45, 7) is 11.3. The van der Waals surface area contributed by atoms with Gasteiger partial charge in [-0.2, -0.15) is 0 Å². The predicted octanol–water partition coefficient (Wildman–Crippen LogP) is 0.876. The number of nitrogens with zero attached hydrogens (tertiary/aromatic N) is 5. The molecule has 3 unspecified atom stereocenters. The van der Waals surface area contributed by atoms with Gasteiger partial charge in [0.2, 0.25) is 5.91 Å². The van der Waals surface area contributed by atoms with Crippen LogP contribution < -0.4 is 0 Å². The number of hydrogen-bond donors (Lipinski definition) is 0. The van der Waals surface area contributed by atoms with Crippen molar-refractivity contribution in [1.29, 1.82) is 0 Å². The van der Waals surface area contributed by atoms with Gasteiger partial charge in [0.1, 0.15) is 11.3 Å². The van der Waals surface area contributed by atoms with Crippen LogP contribution in [0, 0.1) is 0 Å². The molecule has 4 aliphatic rings. The molecule has 4 aliphatic heterocycles. The number of hydrogen-bond acceptors (Lipinski definition) is 6. The van der Waals surface area contributed by atoms with Crippen molar-refractivity contribution in [2.45, 2.75) is 63.4 Å². The summed E-state index contributed by atoms with van der Waals surface area (Å²) in [5.41, 5.74) is -0.937. The minimum atomic E-state index is -0.523. The quantitative estimate of drug-likeness (QED) is 0.677. The number of fused-ring (bicyclic) bond motifs is 3. The van der Waals surface area contributed by atoms with E-state index in [1.54, 1.807) is 0 Å². The molecule has 0 N–H and O–H groups in total. The van der Waals surface area contributed by atoms with Crippen molar-refractivity contribution in [3.05, 3.63) is 0 Å². The summed E-state index contributed by atoms with van der Waals surface area (Å²) >= 11 is 0. The first kappa shape index (κ1) is 20.9. The summed E-state index contributed by atoms with van der Waals surface area (Å²) in [5, 5.41) is 0. The first-order valence-corrected chi connectivity index (χ1v) is 11.1. The van der Waals surface area contributed by atoms with E-state index in [2.05, 4.69) is 28.8 Å². The second-order valence-corrected chi connectivity index (χ2v) is 10.3. The third kappa shape index (κ3) is 3.64. The number of carbonyl (C=O) groups is 2. The summed E-state index contributed by atoms with van der Waals surface area (Å²) in [6.07, 6.45) is 2.66. The normalized spacial score (nSPS) is 33.8. The first-order chi connectivity index (χ1) is 13.6. The lowest BCUT2D eigenvalue weighted by atomic mass is 9.97. The molecule has 0 radical (unpaired) electrons. The molecular formula is C21H37N5O3. The van der Waals surface area contributed by atoms with Crippen molar-refractivity contribution in [2.24, 2.45) is 0 Å². The Bertz CT molecular complexity index is 657. The molecule has 0 aromatic carbocycles. The van der Waals surface area contributed by atoms with Crippen LogP contribution in [0.4, 0.5) is 4.79 Å². The van der Waals surface area contributed by atoms with Gasteiger partial charge < -0.3 is 14.5 Å². The number of rotatable bonds is 2. The first-order valence-electron chi connectivity index (χ1n) is 11.1. The van der Waals surface area contributed by atoms with Gasteiger partial charge in [0.15, 0.2) is 0 Å². The van der Waals surface area contributed by atoms with E-state index in [-0.39, 0.29) is 24.1 Å². The Morgan fingerprint density at radius 2 is 1.76 bits per heavy atom. The van der Waals surface area contributed by atoms with Crippen LogP contribution in [0.15, 0.2) is 0 Å². The Balaban J connectivity index is 1.55. The molecular weight excluding hydrogens is 370 g/mol. The van der Waals surface area contributed by atoms with Crippen LogP contribution >= 0.6 is 0 Å². The number of likely N-dealkylation sites (tertiary alicyclic amines) is 3. The fourth-order valence-electron chi connectivity index (χ4n) is 5.86. The van der Waals surface area contributed by atoms with Crippen molar-refractivity contribution in [3.63, 3.8) is 0 Å². The summed E-state index contributed by atoms with van der Waals surface area (Å²) in [4.78, 5) is 37.3. The van der Waals surface area contributed by atoms with Gasteiger partial charge in [0.25, 0.3) is 0 Å². The minimum Gasteiger partial charge on any atom is -0.444 e. The van der Waals surface area contributed by atoms with E-state index in [4.69, 9.17) is 4.74 Å². The highest BCUT2D eigenvalue weighted by Gasteiger charge is 2.65. The van der Waals surface area contributed by atoms with E-state index in [1.165, 1.54) is 0 Å². The molecule has 4 fully saturated rings. The zero-order valence-electron chi connectivity index (χ0n) is 18.7. The van der Waals surface area contributed by atoms with Crippen LogP contribution in [0.25, 0.3) is 0 Å². The lowest BCUT2D eigenvalue weighted by molar-refractivity contribution is -0.140. The second kappa shape index (κ2) is 7.39. The van der Waals surface area contributed by atoms with E-state index >= 15 is 0 Å². The second-order valence-electron chi connectivity index (χ2n) is 10.3. The van der Waals surface area contributed by atoms with Crippen LogP contribution in [-0.4, -0.2) is 120 Å². The summed E-state index contributed by atoms with van der Waals surface area (Å²) in [5.74, 6) is 0.189. The fourth-order valence-corrected chi connectivity index (χ4v) is 5.86. The lowest BCUT2D eigenvalue weighted by Crippen LogP contribution is -2.70. The molecule has 4 saturated heterocycles. The summed E-state index contributed by atoms with van der Waals surface area (Å²) in [6, 6.07) is 0.432. The maximum atomic E-state index is 13.2. The molecule has 4 heterocycles. The van der Waals surface area contributed by atoms with Crippen molar-refractivity contribution in [2.75, 3.05) is 59.9 Å². The molecule has 4 rings (SSSR count). The standard InChI is InChI=1S/C21H37N5O3/c1-20(2,3)29-19(28)26-16-13-17(23(5)14-16)21(26)7-6-8-25(21)15-18(27)24-11-9-22(4)10-12-24/h16-17H,6-15H2,1-5H3. The van der Waals surface area contributed by atoms with Crippen LogP contribution in [0.1, 0.15) is 40.0 Å². The summed E-state index contributed by atoms with van der Waals surface area (Å²) < 4.78 is 5.82. The Kier molecular flexibility index (Phi) is 5.32. The number of ether oxygens (including phenoxy) is 1. The fraction of sp³-hybridized carbons (Fsp3) is 0.905. The van der Waals surface area contributed by atoms with E-state index in [9.17, 15) is 9.59 Å². The van der Waals surface area contributed by atoms with Crippen LogP contribution in [0.5, 0.6) is 0 Å². The largest absolute Gasteiger partial charge is 0.444 e. The van der Waals surface area contributed by atoms with Crippen LogP contribution in [-0.2, 0) is 9.53 Å². The lowest BCUT2D eigenvalue weighted by Gasteiger charge is -2.52. The third-order valence-electron chi connectivity index (χ3n) is 7.13. The molecule has 29 heavy (non-hydrogen) atoms. The molecule has 0 saturated carbocycles. The van der Waals surface area contributed by atoms with E-state index in [0.717, 1.165) is 58.5 Å². The van der Waals surface area contributed by atoms with Gasteiger partial charge in [0, 0.05) is 45.3 Å². The number of amides is 2. The maximum absolute atomic E-state index is 13.2. The SMILES string of the molecule is CN1CCN(C(=O)CN2CCCC23C2CC(CN2C)N3C(=O)OC(C)(C)C)CC1. The highest BCUT2D eigenvalue weighted by Crippen LogP contribution is 2.50. The molecule has 2 bridgehead atoms. The molecule has 8 nitrogen and oxygen atoms in total. The number of piperazine rings is 2. The average molecular weight is 408 g/mol. The molecule has 0 aliphatic carbocycles. The van der Waals surface area contributed by atoms with Gasteiger partial charge in [-0.3, -0.25) is 19.5 Å². The van der Waals surface area contributed by atoms with Crippen LogP contribution in [0.2, 0.25) is 0 Å². The molecule has 0 aromatic heterocycles. The zero-order valence-corrected chi connectivity index (χ0v) is 18.7. The van der Waals surface area contributed by atoms with Crippen molar-refractivity contribution in [3.8, 4) is 0 Å². The number of carbonyl (C=O) groups excluding carboxylic acids is 2. The van der Waals surface area contributed by atoms with Gasteiger partial charge in [-0.05, 0) is 54.1 Å². The predicted molar refractivity (Wildman–Crippen MR) is 111 cm³/mol. The topological polar surface area (TPSA) is 59.6 Å². The zero-order chi connectivity index (χ0) is 21.0. The molecule has 0 aromatic rings. The number of likely N-dealkylation sites (N-methyl/N-ethyl adjacent to an activating group) is 2. The molecule has 3 atom stereocenters. The highest BCUT2D eigenvalue weighted by molar-refractivity contribution is 5.79. The van der Waals surface area contributed by atoms with Crippen molar-refractivity contribution in [1.82, 2.24) is 24.5 Å². The van der Waals surface area contributed by atoms with Crippen molar-refractivity contribution < 1.29 is 14.3 Å². The van der Waals surface area contributed by atoms with Gasteiger partial charge in [-0.25, -0.2) is 4.79 Å². The Morgan fingerprint density at radius 3 is 2.41 bits per heavy atom. The Hall–Kier alpha value is -1.38. The van der Waals surface area contributed by atoms with Gasteiger partial charge in [-0.15, -0.1) is 0 Å². The van der Waals surface area contributed by atoms with E-state index in [1.807, 2.05) is 30.6 Å². The smallest absolute Gasteiger partial charge is 0.412 e. The van der Waals surface area contributed by atoms with Gasteiger partial charge in [0.05, 0.1) is 12.6 Å². The average Bonchev–Trinajstić information content (AvgIpc) is 3.28. The molecule has 2 amide bonds. The molecule has 164 valence electrons. The van der Waals surface area contributed by atoms with Crippen LogP contribution in [0.3, 0.4) is 0 Å². The van der Waals surface area contributed by atoms with E-state index in [0.29, 0.717) is 6.54 Å². The Morgan fingerprint density at radius 1 is 1.07 bits per heavy atom.